The summed E-state index contributed by atoms with van der Waals surface area (Å²) in [5.41, 5.74) is -0.828. The first kappa shape index (κ1) is 13.2. The van der Waals surface area contributed by atoms with Crippen molar-refractivity contribution in [2.45, 2.75) is 39.7 Å². The molecule has 2 N–H and O–H groups in total. The Labute approximate surface area is 68.0 Å². The van der Waals surface area contributed by atoms with Gasteiger partial charge in [0, 0.05) is 13.0 Å². The lowest BCUT2D eigenvalue weighted by atomic mass is 10.0. The predicted molar refractivity (Wildman–Crippen MR) is 44.4 cm³/mol. The highest BCUT2D eigenvalue weighted by atomic mass is 16.3. The van der Waals surface area contributed by atoms with E-state index in [1.54, 1.807) is 20.8 Å². The van der Waals surface area contributed by atoms with E-state index in [4.69, 9.17) is 10.2 Å². The van der Waals surface area contributed by atoms with Crippen LogP contribution >= 0.6 is 0 Å². The van der Waals surface area contributed by atoms with Crippen molar-refractivity contribution in [3.63, 3.8) is 0 Å². The standard InChI is InChI=1S/C6H12O2.C2H6O/c1-5(7)4-6(2,3)8;1-2-3/h8H,4H2,1-3H3;3H,2H2,1H3. The van der Waals surface area contributed by atoms with Crippen molar-refractivity contribution in [1.29, 1.82) is 0 Å². The molecule has 0 spiro atoms. The zero-order valence-corrected chi connectivity index (χ0v) is 7.72. The Kier molecular flexibility index (Phi) is 7.57. The summed E-state index contributed by atoms with van der Waals surface area (Å²) >= 11 is 0. The van der Waals surface area contributed by atoms with Crippen molar-refractivity contribution in [2.75, 3.05) is 6.61 Å². The molecule has 0 rings (SSSR count). The van der Waals surface area contributed by atoms with Crippen LogP contribution in [-0.4, -0.2) is 28.2 Å². The summed E-state index contributed by atoms with van der Waals surface area (Å²) in [6, 6.07) is 0. The van der Waals surface area contributed by atoms with E-state index < -0.39 is 5.60 Å². The van der Waals surface area contributed by atoms with Crippen LogP contribution in [-0.2, 0) is 4.79 Å². The maximum Gasteiger partial charge on any atom is 0.132 e. The van der Waals surface area contributed by atoms with Crippen LogP contribution < -0.4 is 0 Å². The molecule has 0 aliphatic carbocycles. The molecule has 0 aliphatic rings. The molecule has 0 aliphatic heterocycles. The molecular formula is C8H18O3. The van der Waals surface area contributed by atoms with E-state index in [0.29, 0.717) is 0 Å². The zero-order chi connectivity index (χ0) is 9.49. The van der Waals surface area contributed by atoms with Gasteiger partial charge in [-0.25, -0.2) is 0 Å². The van der Waals surface area contributed by atoms with Crippen LogP contribution in [0.15, 0.2) is 0 Å². The van der Waals surface area contributed by atoms with E-state index in [2.05, 4.69) is 0 Å². The molecule has 68 valence electrons. The monoisotopic (exact) mass is 162 g/mol. The highest BCUT2D eigenvalue weighted by molar-refractivity contribution is 5.76. The van der Waals surface area contributed by atoms with Gasteiger partial charge in [-0.3, -0.25) is 4.79 Å². The lowest BCUT2D eigenvalue weighted by Crippen LogP contribution is -2.21. The minimum absolute atomic E-state index is 0.0255. The topological polar surface area (TPSA) is 57.5 Å². The van der Waals surface area contributed by atoms with Gasteiger partial charge in [-0.2, -0.15) is 0 Å². The van der Waals surface area contributed by atoms with E-state index in [1.165, 1.54) is 6.92 Å². The van der Waals surface area contributed by atoms with Crippen molar-refractivity contribution in [2.24, 2.45) is 0 Å². The molecule has 0 aromatic rings. The molecule has 0 amide bonds. The lowest BCUT2D eigenvalue weighted by Gasteiger charge is -2.13. The molecule has 3 nitrogen and oxygen atoms in total. The average Bonchev–Trinajstić information content (AvgIpc) is 1.57. The van der Waals surface area contributed by atoms with Gasteiger partial charge < -0.3 is 10.2 Å². The van der Waals surface area contributed by atoms with Crippen LogP contribution in [0.2, 0.25) is 0 Å². The molecular weight excluding hydrogens is 144 g/mol. The minimum atomic E-state index is -0.828. The molecule has 3 heteroatoms. The zero-order valence-electron chi connectivity index (χ0n) is 7.72. The maximum atomic E-state index is 10.3. The van der Waals surface area contributed by atoms with Crippen LogP contribution in [0, 0.1) is 0 Å². The second-order valence-corrected chi connectivity index (χ2v) is 3.01. The molecule has 0 saturated heterocycles. The van der Waals surface area contributed by atoms with Gasteiger partial charge in [0.05, 0.1) is 5.60 Å². The van der Waals surface area contributed by atoms with E-state index in [1.807, 2.05) is 0 Å². The quantitative estimate of drug-likeness (QED) is 0.629. The summed E-state index contributed by atoms with van der Waals surface area (Å²) < 4.78 is 0. The number of Topliss-reactive ketones (excluding diaryl/α,β-unsaturated/α-hetero) is 1. The fraction of sp³-hybridized carbons (Fsp3) is 0.875. The highest BCUT2D eigenvalue weighted by Gasteiger charge is 2.13. The molecule has 11 heavy (non-hydrogen) atoms. The fourth-order valence-electron chi connectivity index (χ4n) is 0.609. The first-order valence-electron chi connectivity index (χ1n) is 3.66. The van der Waals surface area contributed by atoms with E-state index in [9.17, 15) is 4.79 Å². The molecule has 0 unspecified atom stereocenters. The molecule has 0 atom stereocenters. The van der Waals surface area contributed by atoms with Gasteiger partial charge in [-0.05, 0) is 27.7 Å². The fourth-order valence-corrected chi connectivity index (χ4v) is 0.609. The molecule has 0 fully saturated rings. The minimum Gasteiger partial charge on any atom is -0.397 e. The third-order valence-electron chi connectivity index (χ3n) is 0.682. The van der Waals surface area contributed by atoms with Crippen LogP contribution in [0.25, 0.3) is 0 Å². The summed E-state index contributed by atoms with van der Waals surface area (Å²) in [5, 5.41) is 16.5. The van der Waals surface area contributed by atoms with Gasteiger partial charge in [0.1, 0.15) is 5.78 Å². The predicted octanol–water partition coefficient (Wildman–Crippen LogP) is 0.735. The Balaban J connectivity index is 0. The second kappa shape index (κ2) is 6.31. The van der Waals surface area contributed by atoms with Crippen molar-refractivity contribution in [3.05, 3.63) is 0 Å². The number of aliphatic hydroxyl groups excluding tert-OH is 1. The Morgan fingerprint density at radius 3 is 1.73 bits per heavy atom. The van der Waals surface area contributed by atoms with Crippen molar-refractivity contribution < 1.29 is 15.0 Å². The number of carbonyl (C=O) groups excluding carboxylic acids is 1. The number of ketones is 1. The number of rotatable bonds is 2. The number of carbonyl (C=O) groups is 1. The molecule has 0 heterocycles. The number of aliphatic hydroxyl groups is 2. The Morgan fingerprint density at radius 1 is 1.45 bits per heavy atom. The molecule has 0 saturated carbocycles. The van der Waals surface area contributed by atoms with Crippen LogP contribution in [0.5, 0.6) is 0 Å². The first-order valence-corrected chi connectivity index (χ1v) is 3.66. The Bertz CT molecular complexity index is 102. The SMILES string of the molecule is CC(=O)CC(C)(C)O.CCO. The lowest BCUT2D eigenvalue weighted by molar-refractivity contribution is -0.120. The summed E-state index contributed by atoms with van der Waals surface area (Å²) in [6.07, 6.45) is 0.243. The van der Waals surface area contributed by atoms with Crippen molar-refractivity contribution in [3.8, 4) is 0 Å². The molecule has 0 aromatic heterocycles. The largest absolute Gasteiger partial charge is 0.397 e. The van der Waals surface area contributed by atoms with Gasteiger partial charge >= 0.3 is 0 Å². The van der Waals surface area contributed by atoms with Gasteiger partial charge in [0.25, 0.3) is 0 Å². The van der Waals surface area contributed by atoms with Gasteiger partial charge in [-0.1, -0.05) is 0 Å². The third kappa shape index (κ3) is 26.2. The van der Waals surface area contributed by atoms with Gasteiger partial charge in [0.2, 0.25) is 0 Å². The molecule has 0 radical (unpaired) electrons. The maximum absolute atomic E-state index is 10.3. The summed E-state index contributed by atoms with van der Waals surface area (Å²) in [7, 11) is 0. The first-order chi connectivity index (χ1) is 4.83. The normalized spacial score (nSPS) is 10.0. The molecule has 0 bridgehead atoms. The van der Waals surface area contributed by atoms with E-state index in [-0.39, 0.29) is 18.8 Å². The van der Waals surface area contributed by atoms with E-state index >= 15 is 0 Å². The number of hydrogen-bond acceptors (Lipinski definition) is 3. The Morgan fingerprint density at radius 2 is 1.73 bits per heavy atom. The van der Waals surface area contributed by atoms with Crippen LogP contribution in [0.3, 0.4) is 0 Å². The summed E-state index contributed by atoms with van der Waals surface area (Å²) in [6.45, 7) is 6.64. The van der Waals surface area contributed by atoms with Crippen LogP contribution in [0.4, 0.5) is 0 Å². The summed E-state index contributed by atoms with van der Waals surface area (Å²) in [4.78, 5) is 10.3. The van der Waals surface area contributed by atoms with E-state index in [0.717, 1.165) is 0 Å². The second-order valence-electron chi connectivity index (χ2n) is 3.01. The third-order valence-corrected chi connectivity index (χ3v) is 0.682. The van der Waals surface area contributed by atoms with Gasteiger partial charge in [0.15, 0.2) is 0 Å². The van der Waals surface area contributed by atoms with Crippen molar-refractivity contribution in [1.82, 2.24) is 0 Å². The van der Waals surface area contributed by atoms with Gasteiger partial charge in [-0.15, -0.1) is 0 Å². The Hall–Kier alpha value is -0.410. The smallest absolute Gasteiger partial charge is 0.132 e. The highest BCUT2D eigenvalue weighted by Crippen LogP contribution is 2.06. The summed E-state index contributed by atoms with van der Waals surface area (Å²) in [5.74, 6) is 0.0255. The average molecular weight is 162 g/mol. The van der Waals surface area contributed by atoms with Crippen LogP contribution in [0.1, 0.15) is 34.1 Å². The van der Waals surface area contributed by atoms with Crippen molar-refractivity contribution >= 4 is 5.78 Å². The molecule has 0 aromatic carbocycles. The number of hydrogen-bond donors (Lipinski definition) is 2.